The minimum absolute atomic E-state index is 0.279. The average molecular weight is 251 g/mol. The van der Waals surface area contributed by atoms with Gasteiger partial charge in [-0.2, -0.15) is 0 Å². The maximum Gasteiger partial charge on any atom is 0.148 e. The average Bonchev–Trinajstić information content (AvgIpc) is 2.36. The molecular formula is C13H25N5. The lowest BCUT2D eigenvalue weighted by Gasteiger charge is -2.27. The van der Waals surface area contributed by atoms with Crippen molar-refractivity contribution in [1.82, 2.24) is 9.97 Å². The summed E-state index contributed by atoms with van der Waals surface area (Å²) in [7, 11) is 2.06. The number of hydrogen-bond acceptors (Lipinski definition) is 5. The van der Waals surface area contributed by atoms with E-state index >= 15 is 0 Å². The fourth-order valence-corrected chi connectivity index (χ4v) is 1.75. The van der Waals surface area contributed by atoms with Crippen molar-refractivity contribution in [2.75, 3.05) is 17.4 Å². The number of hydrazine groups is 1. The van der Waals surface area contributed by atoms with Crippen LogP contribution in [-0.2, 0) is 0 Å². The fraction of sp³-hybridized carbons (Fsp3) is 0.692. The van der Waals surface area contributed by atoms with Gasteiger partial charge in [-0.25, -0.2) is 15.8 Å². The molecule has 1 atom stereocenters. The molecule has 3 N–H and O–H groups in total. The van der Waals surface area contributed by atoms with E-state index in [9.17, 15) is 0 Å². The van der Waals surface area contributed by atoms with Gasteiger partial charge in [-0.1, -0.05) is 20.8 Å². The molecule has 0 amide bonds. The summed E-state index contributed by atoms with van der Waals surface area (Å²) in [4.78, 5) is 11.3. The Bertz CT molecular complexity index is 403. The molecule has 0 bridgehead atoms. The lowest BCUT2D eigenvalue weighted by atomic mass is 10.1. The van der Waals surface area contributed by atoms with Gasteiger partial charge in [0.15, 0.2) is 0 Å². The van der Waals surface area contributed by atoms with Crippen molar-refractivity contribution in [2.24, 2.45) is 5.84 Å². The van der Waals surface area contributed by atoms with E-state index < -0.39 is 0 Å². The van der Waals surface area contributed by atoms with E-state index in [1.807, 2.05) is 6.92 Å². The molecule has 5 heteroatoms. The molecule has 0 aromatic carbocycles. The van der Waals surface area contributed by atoms with Gasteiger partial charge in [-0.15, -0.1) is 0 Å². The van der Waals surface area contributed by atoms with Gasteiger partial charge >= 0.3 is 0 Å². The van der Waals surface area contributed by atoms with E-state index in [1.165, 1.54) is 0 Å². The Kier molecular flexibility index (Phi) is 4.90. The smallest absolute Gasteiger partial charge is 0.148 e. The zero-order valence-electron chi connectivity index (χ0n) is 12.3. The zero-order valence-corrected chi connectivity index (χ0v) is 12.3. The first-order valence-corrected chi connectivity index (χ1v) is 6.50. The molecule has 18 heavy (non-hydrogen) atoms. The number of nitrogens with zero attached hydrogens (tertiary/aromatic N) is 3. The molecule has 0 saturated heterocycles. The molecule has 0 saturated carbocycles. The molecule has 0 aliphatic carbocycles. The van der Waals surface area contributed by atoms with Crippen LogP contribution >= 0.6 is 0 Å². The Morgan fingerprint density at radius 2 is 1.89 bits per heavy atom. The van der Waals surface area contributed by atoms with Crippen molar-refractivity contribution >= 4 is 11.6 Å². The molecule has 102 valence electrons. The third kappa shape index (κ3) is 2.90. The Hall–Kier alpha value is -1.36. The summed E-state index contributed by atoms with van der Waals surface area (Å²) in [5, 5.41) is 0. The molecular weight excluding hydrogens is 226 g/mol. The van der Waals surface area contributed by atoms with Crippen LogP contribution in [0.1, 0.15) is 51.4 Å². The molecule has 0 aliphatic rings. The maximum absolute atomic E-state index is 5.54. The molecule has 5 nitrogen and oxygen atoms in total. The van der Waals surface area contributed by atoms with Crippen molar-refractivity contribution in [3.8, 4) is 0 Å². The van der Waals surface area contributed by atoms with Gasteiger partial charge in [-0.05, 0) is 20.3 Å². The predicted molar refractivity (Wildman–Crippen MR) is 76.8 cm³/mol. The molecule has 1 aromatic heterocycles. The van der Waals surface area contributed by atoms with E-state index in [0.29, 0.717) is 11.9 Å². The van der Waals surface area contributed by atoms with Crippen LogP contribution in [0.4, 0.5) is 11.6 Å². The van der Waals surface area contributed by atoms with Gasteiger partial charge in [0.2, 0.25) is 0 Å². The first kappa shape index (κ1) is 14.7. The summed E-state index contributed by atoms with van der Waals surface area (Å²) in [6.45, 7) is 10.5. The molecule has 0 spiro atoms. The van der Waals surface area contributed by atoms with Crippen LogP contribution in [0.2, 0.25) is 0 Å². The van der Waals surface area contributed by atoms with Gasteiger partial charge < -0.3 is 10.3 Å². The highest BCUT2D eigenvalue weighted by molar-refractivity contribution is 5.58. The summed E-state index contributed by atoms with van der Waals surface area (Å²) in [6, 6.07) is 0.434. The second-order valence-corrected chi connectivity index (χ2v) is 5.05. The Balaban J connectivity index is 3.28. The Morgan fingerprint density at radius 1 is 1.28 bits per heavy atom. The number of rotatable bonds is 5. The van der Waals surface area contributed by atoms with Crippen LogP contribution in [0.3, 0.4) is 0 Å². The van der Waals surface area contributed by atoms with Gasteiger partial charge in [-0.3, -0.25) is 0 Å². The van der Waals surface area contributed by atoms with Crippen LogP contribution in [-0.4, -0.2) is 23.1 Å². The van der Waals surface area contributed by atoms with E-state index in [4.69, 9.17) is 5.84 Å². The summed E-state index contributed by atoms with van der Waals surface area (Å²) in [6.07, 6.45) is 1.07. The number of aromatic nitrogens is 2. The summed E-state index contributed by atoms with van der Waals surface area (Å²) < 4.78 is 0. The van der Waals surface area contributed by atoms with Gasteiger partial charge in [0.05, 0.1) is 0 Å². The third-order valence-electron chi connectivity index (χ3n) is 3.38. The quantitative estimate of drug-likeness (QED) is 0.621. The molecule has 0 fully saturated rings. The predicted octanol–water partition coefficient (Wildman–Crippen LogP) is 2.43. The molecule has 1 aromatic rings. The van der Waals surface area contributed by atoms with E-state index in [-0.39, 0.29) is 5.92 Å². The van der Waals surface area contributed by atoms with Crippen molar-refractivity contribution in [3.05, 3.63) is 11.4 Å². The first-order chi connectivity index (χ1) is 8.42. The lowest BCUT2D eigenvalue weighted by molar-refractivity contribution is 0.648. The van der Waals surface area contributed by atoms with E-state index in [1.54, 1.807) is 0 Å². The van der Waals surface area contributed by atoms with Crippen LogP contribution in [0.15, 0.2) is 0 Å². The first-order valence-electron chi connectivity index (χ1n) is 6.50. The van der Waals surface area contributed by atoms with Crippen molar-refractivity contribution in [2.45, 2.75) is 53.0 Å². The number of nitrogen functional groups attached to an aromatic ring is 1. The molecule has 0 aliphatic heterocycles. The van der Waals surface area contributed by atoms with E-state index in [2.05, 4.69) is 55.0 Å². The van der Waals surface area contributed by atoms with Crippen molar-refractivity contribution in [1.29, 1.82) is 0 Å². The zero-order chi connectivity index (χ0) is 13.9. The van der Waals surface area contributed by atoms with Crippen molar-refractivity contribution in [3.63, 3.8) is 0 Å². The maximum atomic E-state index is 5.54. The number of hydrogen-bond donors (Lipinski definition) is 2. The normalized spacial score (nSPS) is 12.7. The van der Waals surface area contributed by atoms with Gasteiger partial charge in [0.1, 0.15) is 17.5 Å². The van der Waals surface area contributed by atoms with Gasteiger partial charge in [0, 0.05) is 24.6 Å². The number of nitrogens with two attached hydrogens (primary N) is 1. The highest BCUT2D eigenvalue weighted by Gasteiger charge is 2.17. The minimum Gasteiger partial charge on any atom is -0.357 e. The number of nitrogens with one attached hydrogen (secondary N) is 1. The van der Waals surface area contributed by atoms with Crippen LogP contribution in [0, 0.1) is 6.92 Å². The summed E-state index contributed by atoms with van der Waals surface area (Å²) >= 11 is 0. The van der Waals surface area contributed by atoms with E-state index in [0.717, 1.165) is 23.6 Å². The largest absolute Gasteiger partial charge is 0.357 e. The molecule has 0 radical (unpaired) electrons. The second-order valence-electron chi connectivity index (χ2n) is 5.05. The highest BCUT2D eigenvalue weighted by atomic mass is 15.3. The van der Waals surface area contributed by atoms with Gasteiger partial charge in [0.25, 0.3) is 0 Å². The lowest BCUT2D eigenvalue weighted by Crippen LogP contribution is -2.30. The summed E-state index contributed by atoms with van der Waals surface area (Å²) in [5.74, 6) is 8.30. The SMILES string of the molecule is CCC(C)N(C)c1nc(C(C)C)nc(NN)c1C. The molecule has 1 unspecified atom stereocenters. The standard InChI is InChI=1S/C13H25N5/c1-7-9(4)18(6)13-10(5)12(17-14)15-11(16-13)8(2)3/h8-9H,7,14H2,1-6H3,(H,15,16,17). The minimum atomic E-state index is 0.279. The van der Waals surface area contributed by atoms with Crippen LogP contribution < -0.4 is 16.2 Å². The second kappa shape index (κ2) is 6.00. The Morgan fingerprint density at radius 3 is 2.33 bits per heavy atom. The molecule has 1 rings (SSSR count). The summed E-state index contributed by atoms with van der Waals surface area (Å²) in [5.41, 5.74) is 3.66. The topological polar surface area (TPSA) is 67.1 Å². The van der Waals surface area contributed by atoms with Crippen molar-refractivity contribution < 1.29 is 0 Å². The van der Waals surface area contributed by atoms with Crippen LogP contribution in [0.25, 0.3) is 0 Å². The Labute approximate surface area is 110 Å². The van der Waals surface area contributed by atoms with Crippen LogP contribution in [0.5, 0.6) is 0 Å². The fourth-order valence-electron chi connectivity index (χ4n) is 1.75. The highest BCUT2D eigenvalue weighted by Crippen LogP contribution is 2.26. The third-order valence-corrected chi connectivity index (χ3v) is 3.38. The number of anilines is 2. The molecule has 1 heterocycles. The monoisotopic (exact) mass is 251 g/mol.